The van der Waals surface area contributed by atoms with Crippen LogP contribution < -0.4 is 10.6 Å². The van der Waals surface area contributed by atoms with E-state index in [1.807, 2.05) is 6.92 Å². The molecule has 0 bridgehead atoms. The lowest BCUT2D eigenvalue weighted by Gasteiger charge is -2.15. The molecule has 0 aliphatic carbocycles. The number of halogens is 2. The van der Waals surface area contributed by atoms with Crippen molar-refractivity contribution in [2.75, 3.05) is 5.32 Å². The molecule has 0 saturated carbocycles. The van der Waals surface area contributed by atoms with Gasteiger partial charge in [-0.2, -0.15) is 0 Å². The van der Waals surface area contributed by atoms with Gasteiger partial charge >= 0.3 is 0 Å². The molecule has 2 nitrogen and oxygen atoms in total. The molecule has 1 aromatic rings. The van der Waals surface area contributed by atoms with Crippen LogP contribution in [0.4, 0.5) is 10.1 Å². The van der Waals surface area contributed by atoms with Crippen LogP contribution in [-0.2, 0) is 0 Å². The van der Waals surface area contributed by atoms with Gasteiger partial charge in [0.2, 0.25) is 0 Å². The quantitative estimate of drug-likeness (QED) is 0.813. The highest BCUT2D eigenvalue weighted by molar-refractivity contribution is 7.80. The zero-order valence-corrected chi connectivity index (χ0v) is 10.8. The van der Waals surface area contributed by atoms with Gasteiger partial charge in [0.15, 0.2) is 5.11 Å². The maximum atomic E-state index is 12.9. The van der Waals surface area contributed by atoms with E-state index < -0.39 is 5.82 Å². The van der Waals surface area contributed by atoms with Crippen molar-refractivity contribution in [2.45, 2.75) is 26.3 Å². The highest BCUT2D eigenvalue weighted by Crippen LogP contribution is 2.19. The van der Waals surface area contributed by atoms with Gasteiger partial charge in [0, 0.05) is 11.7 Å². The first kappa shape index (κ1) is 13.2. The van der Waals surface area contributed by atoms with Crippen LogP contribution in [0.15, 0.2) is 18.2 Å². The van der Waals surface area contributed by atoms with Gasteiger partial charge in [0.05, 0.1) is 5.02 Å². The minimum absolute atomic E-state index is 0.0799. The number of hydrogen-bond donors (Lipinski definition) is 2. The Kier molecular flexibility index (Phi) is 4.96. The van der Waals surface area contributed by atoms with E-state index in [0.29, 0.717) is 16.8 Å². The summed E-state index contributed by atoms with van der Waals surface area (Å²) in [6.07, 6.45) is 0.978. The van der Waals surface area contributed by atoms with E-state index in [-0.39, 0.29) is 5.02 Å². The first-order chi connectivity index (χ1) is 7.52. The van der Waals surface area contributed by atoms with Gasteiger partial charge in [-0.05, 0) is 43.8 Å². The molecule has 0 amide bonds. The zero-order valence-electron chi connectivity index (χ0n) is 9.18. The summed E-state index contributed by atoms with van der Waals surface area (Å²) >= 11 is 10.7. The molecule has 0 aliphatic rings. The summed E-state index contributed by atoms with van der Waals surface area (Å²) in [4.78, 5) is 0. The Morgan fingerprint density at radius 3 is 2.81 bits per heavy atom. The van der Waals surface area contributed by atoms with Gasteiger partial charge in [0.1, 0.15) is 5.82 Å². The molecule has 1 rings (SSSR count). The lowest BCUT2D eigenvalue weighted by molar-refractivity contribution is 0.628. The summed E-state index contributed by atoms with van der Waals surface area (Å²) in [6.45, 7) is 4.10. The van der Waals surface area contributed by atoms with Crippen molar-refractivity contribution in [3.8, 4) is 0 Å². The molecule has 0 aromatic heterocycles. The molecule has 0 unspecified atom stereocenters. The topological polar surface area (TPSA) is 24.1 Å². The number of hydrogen-bond acceptors (Lipinski definition) is 1. The molecule has 1 atom stereocenters. The van der Waals surface area contributed by atoms with E-state index in [1.165, 1.54) is 12.1 Å². The fourth-order valence-electron chi connectivity index (χ4n) is 1.07. The summed E-state index contributed by atoms with van der Waals surface area (Å²) in [5.74, 6) is -0.437. The van der Waals surface area contributed by atoms with Crippen molar-refractivity contribution >= 4 is 34.6 Å². The van der Waals surface area contributed by atoms with E-state index in [1.54, 1.807) is 6.07 Å². The van der Waals surface area contributed by atoms with E-state index >= 15 is 0 Å². The van der Waals surface area contributed by atoms with E-state index in [9.17, 15) is 4.39 Å². The summed E-state index contributed by atoms with van der Waals surface area (Å²) in [6, 6.07) is 4.69. The summed E-state index contributed by atoms with van der Waals surface area (Å²) < 4.78 is 12.9. The Morgan fingerprint density at radius 1 is 1.56 bits per heavy atom. The minimum atomic E-state index is -0.437. The molecule has 0 saturated heterocycles. The van der Waals surface area contributed by atoms with Crippen molar-refractivity contribution < 1.29 is 4.39 Å². The standard InChI is InChI=1S/C11H14ClFN2S/c1-3-7(2)14-11(16)15-8-4-5-10(13)9(12)6-8/h4-7H,3H2,1-2H3,(H2,14,15,16)/t7-/m1/s1. The van der Waals surface area contributed by atoms with Crippen molar-refractivity contribution in [2.24, 2.45) is 0 Å². The molecule has 0 spiro atoms. The van der Waals surface area contributed by atoms with E-state index in [2.05, 4.69) is 17.6 Å². The molecule has 0 radical (unpaired) electrons. The fourth-order valence-corrected chi connectivity index (χ4v) is 1.57. The smallest absolute Gasteiger partial charge is 0.170 e. The summed E-state index contributed by atoms with van der Waals surface area (Å²) in [5, 5.41) is 6.63. The number of rotatable bonds is 3. The van der Waals surface area contributed by atoms with Crippen LogP contribution in [0.3, 0.4) is 0 Å². The normalized spacial score (nSPS) is 12.0. The number of nitrogens with one attached hydrogen (secondary N) is 2. The fraction of sp³-hybridized carbons (Fsp3) is 0.364. The van der Waals surface area contributed by atoms with Gasteiger partial charge in [-0.3, -0.25) is 0 Å². The molecule has 5 heteroatoms. The molecule has 1 aromatic carbocycles. The molecule has 16 heavy (non-hydrogen) atoms. The molecule has 0 fully saturated rings. The van der Waals surface area contributed by atoms with E-state index in [0.717, 1.165) is 6.42 Å². The van der Waals surface area contributed by atoms with Crippen LogP contribution in [0.2, 0.25) is 5.02 Å². The van der Waals surface area contributed by atoms with Crippen LogP contribution in [0.1, 0.15) is 20.3 Å². The predicted molar refractivity (Wildman–Crippen MR) is 70.5 cm³/mol. The van der Waals surface area contributed by atoms with Crippen LogP contribution in [0.25, 0.3) is 0 Å². The van der Waals surface area contributed by atoms with Gasteiger partial charge in [0.25, 0.3) is 0 Å². The van der Waals surface area contributed by atoms with Crippen molar-refractivity contribution in [1.82, 2.24) is 5.32 Å². The first-order valence-corrected chi connectivity index (χ1v) is 5.84. The first-order valence-electron chi connectivity index (χ1n) is 5.05. The molecule has 0 heterocycles. The van der Waals surface area contributed by atoms with Crippen LogP contribution in [0, 0.1) is 5.82 Å². The average Bonchev–Trinajstić information content (AvgIpc) is 2.23. The third-order valence-electron chi connectivity index (χ3n) is 2.17. The molecule has 2 N–H and O–H groups in total. The minimum Gasteiger partial charge on any atom is -0.360 e. The second-order valence-electron chi connectivity index (χ2n) is 3.54. The van der Waals surface area contributed by atoms with Gasteiger partial charge < -0.3 is 10.6 Å². The lowest BCUT2D eigenvalue weighted by atomic mass is 10.3. The summed E-state index contributed by atoms with van der Waals surface area (Å²) in [5.41, 5.74) is 0.673. The number of anilines is 1. The molecule has 88 valence electrons. The third-order valence-corrected chi connectivity index (χ3v) is 2.68. The summed E-state index contributed by atoms with van der Waals surface area (Å²) in [7, 11) is 0. The lowest BCUT2D eigenvalue weighted by Crippen LogP contribution is -2.35. The maximum Gasteiger partial charge on any atom is 0.170 e. The molecular weight excluding hydrogens is 247 g/mol. The van der Waals surface area contributed by atoms with Crippen LogP contribution >= 0.6 is 23.8 Å². The SMILES string of the molecule is CC[C@@H](C)NC(=S)Nc1ccc(F)c(Cl)c1. The Bertz CT molecular complexity index is 384. The van der Waals surface area contributed by atoms with Gasteiger partial charge in [-0.25, -0.2) is 4.39 Å². The Labute approximate surface area is 105 Å². The van der Waals surface area contributed by atoms with Crippen LogP contribution in [0.5, 0.6) is 0 Å². The highest BCUT2D eigenvalue weighted by Gasteiger charge is 2.04. The Balaban J connectivity index is 2.59. The molecular formula is C11H14ClFN2S. The monoisotopic (exact) mass is 260 g/mol. The van der Waals surface area contributed by atoms with Crippen LogP contribution in [-0.4, -0.2) is 11.2 Å². The Hall–Kier alpha value is -0.870. The molecule has 0 aliphatic heterocycles. The van der Waals surface area contributed by atoms with Crippen molar-refractivity contribution in [1.29, 1.82) is 0 Å². The number of thiocarbonyl (C=S) groups is 1. The third kappa shape index (κ3) is 3.94. The highest BCUT2D eigenvalue weighted by atomic mass is 35.5. The van der Waals surface area contributed by atoms with Gasteiger partial charge in [-0.1, -0.05) is 18.5 Å². The zero-order chi connectivity index (χ0) is 12.1. The van der Waals surface area contributed by atoms with E-state index in [4.69, 9.17) is 23.8 Å². The van der Waals surface area contributed by atoms with Gasteiger partial charge in [-0.15, -0.1) is 0 Å². The van der Waals surface area contributed by atoms with Crippen molar-refractivity contribution in [3.05, 3.63) is 29.0 Å². The largest absolute Gasteiger partial charge is 0.360 e. The number of benzene rings is 1. The Morgan fingerprint density at radius 2 is 2.25 bits per heavy atom. The predicted octanol–water partition coefficient (Wildman–Crippen LogP) is 3.56. The second-order valence-corrected chi connectivity index (χ2v) is 4.35. The maximum absolute atomic E-state index is 12.9. The second kappa shape index (κ2) is 6.01. The van der Waals surface area contributed by atoms with Crippen molar-refractivity contribution in [3.63, 3.8) is 0 Å². The average molecular weight is 261 g/mol.